The summed E-state index contributed by atoms with van der Waals surface area (Å²) in [5.41, 5.74) is 0. The molecule has 0 atom stereocenters. The summed E-state index contributed by atoms with van der Waals surface area (Å²) in [6.45, 7) is 3.13. The molecule has 0 saturated heterocycles. The van der Waals surface area contributed by atoms with Crippen molar-refractivity contribution in [3.8, 4) is 0 Å². The SMILES string of the molecule is CC[C-](CC)O/C(=C\CC(F)(F)F)C(F)(F)F.[Mn]. The number of hydrogen-bond donors (Lipinski definition) is 0. The largest absolute Gasteiger partial charge is 0.656 e. The average molecular weight is 318 g/mol. The van der Waals surface area contributed by atoms with Gasteiger partial charge in [0.2, 0.25) is 0 Å². The van der Waals surface area contributed by atoms with Crippen LogP contribution in [-0.2, 0) is 21.8 Å². The number of rotatable bonds is 5. The van der Waals surface area contributed by atoms with Gasteiger partial charge in [-0.15, -0.1) is 18.9 Å². The molecule has 1 nitrogen and oxygen atoms in total. The molecule has 8 heteroatoms. The zero-order chi connectivity index (χ0) is 13.7. The molecule has 0 aromatic carbocycles. The molecule has 0 aliphatic rings. The molecule has 0 rings (SSSR count). The van der Waals surface area contributed by atoms with Gasteiger partial charge in [0.1, 0.15) is 0 Å². The van der Waals surface area contributed by atoms with Crippen molar-refractivity contribution in [1.82, 2.24) is 0 Å². The topological polar surface area (TPSA) is 9.23 Å². The maximum absolute atomic E-state index is 12.4. The molecule has 0 saturated carbocycles. The Balaban J connectivity index is 0. The van der Waals surface area contributed by atoms with Crippen molar-refractivity contribution in [1.29, 1.82) is 0 Å². The van der Waals surface area contributed by atoms with E-state index < -0.39 is 24.5 Å². The van der Waals surface area contributed by atoms with Gasteiger partial charge in [0, 0.05) is 17.1 Å². The normalized spacial score (nSPS) is 13.5. The third-order valence-electron chi connectivity index (χ3n) is 1.84. The minimum atomic E-state index is -4.92. The fraction of sp³-hybridized carbons (Fsp3) is 0.700. The van der Waals surface area contributed by atoms with Crippen molar-refractivity contribution >= 4 is 0 Å². The molecule has 0 aromatic heterocycles. The maximum atomic E-state index is 12.4. The molecule has 0 aromatic rings. The Morgan fingerprint density at radius 1 is 1.06 bits per heavy atom. The van der Waals surface area contributed by atoms with Crippen LogP contribution < -0.4 is 0 Å². The molecule has 0 bridgehead atoms. The van der Waals surface area contributed by atoms with E-state index in [9.17, 15) is 26.3 Å². The molecule has 18 heavy (non-hydrogen) atoms. The smallest absolute Gasteiger partial charge is 0.445 e. The van der Waals surface area contributed by atoms with E-state index in [0.29, 0.717) is 0 Å². The van der Waals surface area contributed by atoms with Gasteiger partial charge < -0.3 is 4.74 Å². The summed E-state index contributed by atoms with van der Waals surface area (Å²) in [6, 6.07) is 0. The molecule has 0 aliphatic heterocycles. The predicted molar refractivity (Wildman–Crippen MR) is 49.7 cm³/mol. The first-order chi connectivity index (χ1) is 7.60. The van der Waals surface area contributed by atoms with Crippen molar-refractivity contribution in [2.24, 2.45) is 0 Å². The van der Waals surface area contributed by atoms with E-state index in [4.69, 9.17) is 0 Å². The molecule has 0 heterocycles. The minimum absolute atomic E-state index is 0. The van der Waals surface area contributed by atoms with Gasteiger partial charge >= 0.3 is 12.4 Å². The van der Waals surface area contributed by atoms with Crippen LogP contribution >= 0.6 is 0 Å². The Morgan fingerprint density at radius 2 is 1.50 bits per heavy atom. The maximum Gasteiger partial charge on any atom is 0.445 e. The zero-order valence-corrected chi connectivity index (χ0v) is 10.9. The van der Waals surface area contributed by atoms with Crippen LogP contribution in [0.2, 0.25) is 0 Å². The second-order valence-electron chi connectivity index (χ2n) is 3.23. The second kappa shape index (κ2) is 7.94. The van der Waals surface area contributed by atoms with Crippen LogP contribution in [0.3, 0.4) is 0 Å². The summed E-state index contributed by atoms with van der Waals surface area (Å²) in [5.74, 6) is -1.60. The molecular formula is C10H13F6MnO-. The summed E-state index contributed by atoms with van der Waals surface area (Å²) in [5, 5.41) is 0. The first kappa shape index (κ1) is 20.0. The molecule has 0 unspecified atom stereocenters. The fourth-order valence-corrected chi connectivity index (χ4v) is 0.974. The Morgan fingerprint density at radius 3 is 1.78 bits per heavy atom. The molecule has 0 spiro atoms. The van der Waals surface area contributed by atoms with Crippen LogP contribution in [-0.4, -0.2) is 12.4 Å². The quantitative estimate of drug-likeness (QED) is 0.308. The standard InChI is InChI=1S/C10H13F6O.Mn/c1-3-7(4-2)17-8(10(14,15)16)5-6-9(11,12)13;/h5H,3-4,6H2,1-2H3;/q-1;/b8-5-;. The summed E-state index contributed by atoms with van der Waals surface area (Å²) in [6.07, 6.45) is -10.7. The predicted octanol–water partition coefficient (Wildman–Crippen LogP) is 4.75. The van der Waals surface area contributed by atoms with Gasteiger partial charge in [0.25, 0.3) is 0 Å². The number of allylic oxidation sites excluding steroid dienone is 2. The third kappa shape index (κ3) is 8.69. The van der Waals surface area contributed by atoms with E-state index >= 15 is 0 Å². The molecule has 0 N–H and O–H groups in total. The van der Waals surface area contributed by atoms with Crippen LogP contribution in [0.15, 0.2) is 11.8 Å². The van der Waals surface area contributed by atoms with E-state index in [1.165, 1.54) is 0 Å². The molecule has 0 aliphatic carbocycles. The average Bonchev–Trinajstić information content (AvgIpc) is 2.14. The van der Waals surface area contributed by atoms with Crippen molar-refractivity contribution < 1.29 is 48.1 Å². The molecule has 1 radical (unpaired) electrons. The van der Waals surface area contributed by atoms with Gasteiger partial charge in [0.05, 0.1) is 6.42 Å². The van der Waals surface area contributed by atoms with Crippen molar-refractivity contribution in [2.75, 3.05) is 0 Å². The van der Waals surface area contributed by atoms with E-state index in [-0.39, 0.29) is 42.1 Å². The zero-order valence-electron chi connectivity index (χ0n) is 9.75. The number of alkyl halides is 6. The van der Waals surface area contributed by atoms with Gasteiger partial charge in [-0.25, -0.2) is 0 Å². The molecule has 0 amide bonds. The summed E-state index contributed by atoms with van der Waals surface area (Å²) < 4.78 is 77.0. The Kier molecular flexibility index (Phi) is 8.81. The van der Waals surface area contributed by atoms with Crippen LogP contribution in [0.25, 0.3) is 0 Å². The van der Waals surface area contributed by atoms with Gasteiger partial charge in [0.15, 0.2) is 5.76 Å². The van der Waals surface area contributed by atoms with Crippen molar-refractivity contribution in [3.05, 3.63) is 17.9 Å². The number of hydrogen-bond acceptors (Lipinski definition) is 1. The minimum Gasteiger partial charge on any atom is -0.656 e. The van der Waals surface area contributed by atoms with Gasteiger partial charge in [-0.1, -0.05) is 13.8 Å². The number of ether oxygens (including phenoxy) is 1. The Bertz CT molecular complexity index is 254. The van der Waals surface area contributed by atoms with Gasteiger partial charge in [-0.05, 0) is 6.08 Å². The molecule has 109 valence electrons. The first-order valence-corrected chi connectivity index (χ1v) is 4.96. The van der Waals surface area contributed by atoms with E-state index in [2.05, 4.69) is 4.74 Å². The van der Waals surface area contributed by atoms with E-state index in [1.54, 1.807) is 13.8 Å². The van der Waals surface area contributed by atoms with E-state index in [0.717, 1.165) is 0 Å². The van der Waals surface area contributed by atoms with Crippen molar-refractivity contribution in [2.45, 2.75) is 45.5 Å². The van der Waals surface area contributed by atoms with Crippen LogP contribution in [0.5, 0.6) is 0 Å². The Hall–Kier alpha value is -0.361. The third-order valence-corrected chi connectivity index (χ3v) is 1.84. The van der Waals surface area contributed by atoms with E-state index in [1.807, 2.05) is 0 Å². The second-order valence-corrected chi connectivity index (χ2v) is 3.23. The van der Waals surface area contributed by atoms with Gasteiger partial charge in [-0.3, -0.25) is 0 Å². The molecular weight excluding hydrogens is 305 g/mol. The van der Waals surface area contributed by atoms with Crippen LogP contribution in [0.1, 0.15) is 33.1 Å². The number of halogens is 6. The first-order valence-electron chi connectivity index (χ1n) is 4.96. The summed E-state index contributed by atoms with van der Waals surface area (Å²) >= 11 is 0. The fourth-order valence-electron chi connectivity index (χ4n) is 0.974. The monoisotopic (exact) mass is 318 g/mol. The summed E-state index contributed by atoms with van der Waals surface area (Å²) in [4.78, 5) is 0. The van der Waals surface area contributed by atoms with Crippen molar-refractivity contribution in [3.63, 3.8) is 0 Å². The summed E-state index contributed by atoms with van der Waals surface area (Å²) in [7, 11) is 0. The van der Waals surface area contributed by atoms with Crippen LogP contribution in [0, 0.1) is 6.10 Å². The van der Waals surface area contributed by atoms with Gasteiger partial charge in [-0.2, -0.15) is 26.3 Å². The van der Waals surface area contributed by atoms with Crippen LogP contribution in [0.4, 0.5) is 26.3 Å². The molecule has 0 fully saturated rings. The Labute approximate surface area is 112 Å².